The first kappa shape index (κ1) is 18.9. The molecule has 2 aliphatic rings. The van der Waals surface area contributed by atoms with E-state index < -0.39 is 11.6 Å². The number of nitrogens with one attached hydrogen (secondary N) is 1. The summed E-state index contributed by atoms with van der Waals surface area (Å²) in [7, 11) is 3.12. The van der Waals surface area contributed by atoms with Crippen LogP contribution >= 0.6 is 15.9 Å². The Bertz CT molecular complexity index is 1150. The fraction of sp³-hybridized carbons (Fsp3) is 0.381. The maximum Gasteiger partial charge on any atom is 0.332 e. The van der Waals surface area contributed by atoms with Crippen LogP contribution in [0.1, 0.15) is 43.7 Å². The van der Waals surface area contributed by atoms with Crippen molar-refractivity contribution in [3.8, 4) is 0 Å². The van der Waals surface area contributed by atoms with Gasteiger partial charge in [0.2, 0.25) is 0 Å². The van der Waals surface area contributed by atoms with E-state index in [-0.39, 0.29) is 16.8 Å². The number of anilines is 1. The van der Waals surface area contributed by atoms with Crippen LogP contribution in [-0.4, -0.2) is 14.9 Å². The minimum atomic E-state index is -0.492. The summed E-state index contributed by atoms with van der Waals surface area (Å²) >= 11 is 3.44. The summed E-state index contributed by atoms with van der Waals surface area (Å²) in [5, 5.41) is 3.27. The zero-order valence-electron chi connectivity index (χ0n) is 16.3. The van der Waals surface area contributed by atoms with Gasteiger partial charge < -0.3 is 5.32 Å². The van der Waals surface area contributed by atoms with Crippen molar-refractivity contribution < 1.29 is 4.79 Å². The lowest BCUT2D eigenvalue weighted by Crippen LogP contribution is -2.45. The Morgan fingerprint density at radius 3 is 2.32 bits per heavy atom. The second-order valence-electron chi connectivity index (χ2n) is 8.41. The Hall–Kier alpha value is -2.41. The maximum atomic E-state index is 13.2. The maximum absolute atomic E-state index is 13.2. The largest absolute Gasteiger partial charge is 0.344 e. The minimum absolute atomic E-state index is 0.0493. The van der Waals surface area contributed by atoms with Crippen LogP contribution in [0.3, 0.4) is 0 Å². The fourth-order valence-corrected chi connectivity index (χ4v) is 4.60. The molecule has 28 heavy (non-hydrogen) atoms. The lowest BCUT2D eigenvalue weighted by molar-refractivity contribution is -0.118. The number of fused-ring (bicyclic) bond motifs is 1. The average molecular weight is 444 g/mol. The molecule has 1 aliphatic heterocycles. The molecule has 146 valence electrons. The first-order chi connectivity index (χ1) is 13.1. The number of halogens is 1. The van der Waals surface area contributed by atoms with Gasteiger partial charge in [-0.25, -0.2) is 4.79 Å². The van der Waals surface area contributed by atoms with Gasteiger partial charge in [0.15, 0.2) is 5.78 Å². The molecule has 0 spiro atoms. The number of benzene rings is 1. The highest BCUT2D eigenvalue weighted by atomic mass is 79.9. The molecule has 1 aliphatic carbocycles. The van der Waals surface area contributed by atoms with Crippen LogP contribution in [0.15, 0.2) is 49.6 Å². The van der Waals surface area contributed by atoms with E-state index >= 15 is 0 Å². The van der Waals surface area contributed by atoms with Crippen molar-refractivity contribution in [2.24, 2.45) is 19.5 Å². The molecule has 4 rings (SSSR count). The standard InChI is InChI=1S/C21H22BrN3O3/c1-21(2)9-13-16(14(26)10-21)15(11-5-7-12(22)8-6-11)17-18(23-13)24(3)20(28)25(4)19(17)27/h5-8,15,23H,9-10H2,1-4H3. The van der Waals surface area contributed by atoms with Gasteiger partial charge in [0.25, 0.3) is 5.56 Å². The molecule has 7 heteroatoms. The highest BCUT2D eigenvalue weighted by Gasteiger charge is 2.42. The summed E-state index contributed by atoms with van der Waals surface area (Å²) in [5.74, 6) is 0.0342. The SMILES string of the molecule is Cn1c2c(c(=O)n(C)c1=O)C(c1ccc(Br)cc1)C1=C(CC(C)(C)CC1=O)N2. The normalized spacial score (nSPS) is 20.5. The molecule has 6 nitrogen and oxygen atoms in total. The monoisotopic (exact) mass is 443 g/mol. The van der Waals surface area contributed by atoms with E-state index in [0.717, 1.165) is 20.3 Å². The van der Waals surface area contributed by atoms with E-state index in [9.17, 15) is 14.4 Å². The van der Waals surface area contributed by atoms with Gasteiger partial charge in [0, 0.05) is 42.2 Å². The van der Waals surface area contributed by atoms with Crippen molar-refractivity contribution >= 4 is 27.5 Å². The number of carbonyl (C=O) groups excluding carboxylic acids is 1. The summed E-state index contributed by atoms with van der Waals surface area (Å²) in [6.45, 7) is 4.12. The molecule has 1 atom stereocenters. The molecule has 1 unspecified atom stereocenters. The number of nitrogens with zero attached hydrogens (tertiary/aromatic N) is 2. The molecule has 0 radical (unpaired) electrons. The molecular formula is C21H22BrN3O3. The zero-order valence-corrected chi connectivity index (χ0v) is 17.9. The van der Waals surface area contributed by atoms with Crippen LogP contribution in [0.5, 0.6) is 0 Å². The van der Waals surface area contributed by atoms with Crippen LogP contribution in [0, 0.1) is 5.41 Å². The highest BCUT2D eigenvalue weighted by Crippen LogP contribution is 2.47. The number of allylic oxidation sites excluding steroid dienone is 2. The summed E-state index contributed by atoms with van der Waals surface area (Å²) in [5.41, 5.74) is 1.82. The van der Waals surface area contributed by atoms with Crippen molar-refractivity contribution in [2.45, 2.75) is 32.6 Å². The van der Waals surface area contributed by atoms with E-state index in [2.05, 4.69) is 35.1 Å². The predicted octanol–water partition coefficient (Wildman–Crippen LogP) is 3.05. The molecule has 2 heterocycles. The number of hydrogen-bond acceptors (Lipinski definition) is 4. The molecular weight excluding hydrogens is 422 g/mol. The van der Waals surface area contributed by atoms with Crippen molar-refractivity contribution in [2.75, 3.05) is 5.32 Å². The van der Waals surface area contributed by atoms with Gasteiger partial charge in [-0.1, -0.05) is 41.9 Å². The molecule has 1 N–H and O–H groups in total. The van der Waals surface area contributed by atoms with Crippen LogP contribution in [0.2, 0.25) is 0 Å². The summed E-state index contributed by atoms with van der Waals surface area (Å²) < 4.78 is 3.48. The molecule has 0 amide bonds. The van der Waals surface area contributed by atoms with Crippen LogP contribution < -0.4 is 16.6 Å². The van der Waals surface area contributed by atoms with E-state index in [4.69, 9.17) is 0 Å². The minimum Gasteiger partial charge on any atom is -0.344 e. The third-order valence-corrected chi connectivity index (χ3v) is 6.20. The van der Waals surface area contributed by atoms with Gasteiger partial charge >= 0.3 is 5.69 Å². The highest BCUT2D eigenvalue weighted by molar-refractivity contribution is 9.10. The van der Waals surface area contributed by atoms with E-state index in [1.807, 2.05) is 24.3 Å². The Morgan fingerprint density at radius 1 is 1.04 bits per heavy atom. The number of ketones is 1. The second-order valence-corrected chi connectivity index (χ2v) is 9.33. The molecule has 1 aromatic heterocycles. The van der Waals surface area contributed by atoms with Gasteiger partial charge in [0.1, 0.15) is 5.82 Å². The van der Waals surface area contributed by atoms with Gasteiger partial charge in [-0.3, -0.25) is 18.7 Å². The van der Waals surface area contributed by atoms with Gasteiger partial charge in [-0.2, -0.15) is 0 Å². The number of carbonyl (C=O) groups is 1. The number of Topliss-reactive ketones (excluding diaryl/α,β-unsaturated/α-hetero) is 1. The Kier molecular flexibility index (Phi) is 4.26. The number of hydrogen-bond donors (Lipinski definition) is 1. The summed E-state index contributed by atoms with van der Waals surface area (Å²) in [4.78, 5) is 38.8. The van der Waals surface area contributed by atoms with Crippen LogP contribution in [0.25, 0.3) is 0 Å². The molecule has 0 bridgehead atoms. The quantitative estimate of drug-likeness (QED) is 0.734. The Morgan fingerprint density at radius 2 is 1.68 bits per heavy atom. The third-order valence-electron chi connectivity index (χ3n) is 5.67. The zero-order chi connectivity index (χ0) is 20.4. The lowest BCUT2D eigenvalue weighted by atomic mass is 9.69. The van der Waals surface area contributed by atoms with Crippen molar-refractivity contribution in [1.29, 1.82) is 0 Å². The smallest absolute Gasteiger partial charge is 0.332 e. The number of rotatable bonds is 1. The molecule has 0 saturated heterocycles. The average Bonchev–Trinajstić information content (AvgIpc) is 2.63. The van der Waals surface area contributed by atoms with Crippen molar-refractivity contribution in [3.05, 3.63) is 72.0 Å². The van der Waals surface area contributed by atoms with Crippen molar-refractivity contribution in [1.82, 2.24) is 9.13 Å². The first-order valence-electron chi connectivity index (χ1n) is 9.19. The molecule has 0 saturated carbocycles. The second kappa shape index (κ2) is 6.30. The topological polar surface area (TPSA) is 73.1 Å². The fourth-order valence-electron chi connectivity index (χ4n) is 4.34. The first-order valence-corrected chi connectivity index (χ1v) is 9.98. The van der Waals surface area contributed by atoms with Gasteiger partial charge in [-0.05, 0) is 29.5 Å². The Balaban J connectivity index is 2.07. The van der Waals surface area contributed by atoms with E-state index in [1.165, 1.54) is 11.6 Å². The van der Waals surface area contributed by atoms with E-state index in [1.54, 1.807) is 7.05 Å². The summed E-state index contributed by atoms with van der Waals surface area (Å²) in [6.07, 6.45) is 1.12. The van der Waals surface area contributed by atoms with Crippen LogP contribution in [-0.2, 0) is 18.9 Å². The third kappa shape index (κ3) is 2.80. The van der Waals surface area contributed by atoms with Gasteiger partial charge in [0.05, 0.1) is 5.56 Å². The molecule has 0 fully saturated rings. The number of aromatic nitrogens is 2. The Labute approximate surface area is 171 Å². The van der Waals surface area contributed by atoms with Crippen molar-refractivity contribution in [3.63, 3.8) is 0 Å². The molecule has 1 aromatic carbocycles. The van der Waals surface area contributed by atoms with Gasteiger partial charge in [-0.15, -0.1) is 0 Å². The predicted molar refractivity (Wildman–Crippen MR) is 112 cm³/mol. The lowest BCUT2D eigenvalue weighted by Gasteiger charge is -2.39. The van der Waals surface area contributed by atoms with Crippen LogP contribution in [0.4, 0.5) is 5.82 Å². The van der Waals surface area contributed by atoms with E-state index in [0.29, 0.717) is 29.8 Å². The summed E-state index contributed by atoms with van der Waals surface area (Å²) in [6, 6.07) is 7.65. The molecule has 2 aromatic rings.